The Morgan fingerprint density at radius 3 is 2.62 bits per heavy atom. The molecule has 0 radical (unpaired) electrons. The van der Waals surface area contributed by atoms with E-state index in [0.717, 1.165) is 12.0 Å². The van der Waals surface area contributed by atoms with Gasteiger partial charge in [-0.25, -0.2) is 5.43 Å². The van der Waals surface area contributed by atoms with Crippen molar-refractivity contribution in [1.82, 2.24) is 5.43 Å². The van der Waals surface area contributed by atoms with Crippen molar-refractivity contribution in [2.75, 3.05) is 14.2 Å². The van der Waals surface area contributed by atoms with Crippen molar-refractivity contribution in [3.05, 3.63) is 59.7 Å². The van der Waals surface area contributed by atoms with Gasteiger partial charge in [0.2, 0.25) is 5.91 Å². The highest BCUT2D eigenvalue weighted by molar-refractivity contribution is 5.88. The van der Waals surface area contributed by atoms with Crippen molar-refractivity contribution in [2.24, 2.45) is 11.0 Å². The molecule has 2 aromatic carbocycles. The normalized spacial score (nSPS) is 19.1. The number of hydrogen-bond donors (Lipinski definition) is 1. The molecule has 0 heterocycles. The molecule has 2 atom stereocenters. The highest BCUT2D eigenvalue weighted by Gasteiger charge is 2.43. The second-order valence-electron chi connectivity index (χ2n) is 5.68. The second kappa shape index (κ2) is 7.17. The van der Waals surface area contributed by atoms with E-state index in [9.17, 15) is 4.79 Å². The molecule has 3 rings (SSSR count). The van der Waals surface area contributed by atoms with Crippen LogP contribution in [0.25, 0.3) is 0 Å². The molecular formula is C19H20N2O3. The first-order valence-corrected chi connectivity index (χ1v) is 7.83. The molecule has 24 heavy (non-hydrogen) atoms. The molecule has 0 unspecified atom stereocenters. The number of carbonyl (C=O) groups is 1. The maximum atomic E-state index is 12.2. The first-order valence-electron chi connectivity index (χ1n) is 7.83. The zero-order valence-corrected chi connectivity index (χ0v) is 13.7. The third kappa shape index (κ3) is 3.40. The molecule has 5 heteroatoms. The van der Waals surface area contributed by atoms with Crippen molar-refractivity contribution in [2.45, 2.75) is 12.3 Å². The number of para-hydroxylation sites is 1. The molecule has 0 saturated heterocycles. The molecule has 1 fully saturated rings. The fourth-order valence-corrected chi connectivity index (χ4v) is 2.82. The van der Waals surface area contributed by atoms with Gasteiger partial charge in [0.1, 0.15) is 0 Å². The maximum absolute atomic E-state index is 12.2. The van der Waals surface area contributed by atoms with E-state index in [4.69, 9.17) is 9.47 Å². The Kier molecular flexibility index (Phi) is 4.79. The van der Waals surface area contributed by atoms with E-state index in [1.165, 1.54) is 5.56 Å². The van der Waals surface area contributed by atoms with Gasteiger partial charge in [0.25, 0.3) is 0 Å². The zero-order chi connectivity index (χ0) is 16.9. The minimum absolute atomic E-state index is 0.00300. The Bertz CT molecular complexity index is 744. The summed E-state index contributed by atoms with van der Waals surface area (Å²) < 4.78 is 10.6. The standard InChI is InChI=1S/C19H20N2O3/c1-23-17-10-6-9-14(18(17)24-2)12-20-21-19(22)16-11-15(16)13-7-4-3-5-8-13/h3-10,12,15-16H,11H2,1-2H3,(H,21,22)/b20-12-/t15-,16+/m0/s1. The number of hydrogen-bond acceptors (Lipinski definition) is 4. The third-order valence-corrected chi connectivity index (χ3v) is 4.17. The monoisotopic (exact) mass is 324 g/mol. The van der Waals surface area contributed by atoms with Gasteiger partial charge in [-0.15, -0.1) is 0 Å². The van der Waals surface area contributed by atoms with Crippen molar-refractivity contribution in [1.29, 1.82) is 0 Å². The van der Waals surface area contributed by atoms with E-state index in [0.29, 0.717) is 17.4 Å². The Morgan fingerprint density at radius 2 is 1.92 bits per heavy atom. The number of benzene rings is 2. The number of nitrogens with one attached hydrogen (secondary N) is 1. The van der Waals surface area contributed by atoms with Crippen LogP contribution < -0.4 is 14.9 Å². The maximum Gasteiger partial charge on any atom is 0.243 e. The topological polar surface area (TPSA) is 59.9 Å². The number of rotatable bonds is 6. The number of carbonyl (C=O) groups excluding carboxylic acids is 1. The summed E-state index contributed by atoms with van der Waals surface area (Å²) in [6.07, 6.45) is 2.44. The highest BCUT2D eigenvalue weighted by Crippen LogP contribution is 2.47. The van der Waals surface area contributed by atoms with Crippen LogP contribution in [-0.4, -0.2) is 26.3 Å². The van der Waals surface area contributed by atoms with E-state index in [1.54, 1.807) is 20.4 Å². The summed E-state index contributed by atoms with van der Waals surface area (Å²) in [7, 11) is 3.15. The zero-order valence-electron chi connectivity index (χ0n) is 13.7. The van der Waals surface area contributed by atoms with Gasteiger partial charge in [-0.2, -0.15) is 5.10 Å². The average molecular weight is 324 g/mol. The van der Waals surface area contributed by atoms with Crippen molar-refractivity contribution < 1.29 is 14.3 Å². The molecule has 1 amide bonds. The van der Waals surface area contributed by atoms with Crippen molar-refractivity contribution >= 4 is 12.1 Å². The van der Waals surface area contributed by atoms with E-state index >= 15 is 0 Å². The average Bonchev–Trinajstić information content (AvgIpc) is 3.43. The highest BCUT2D eigenvalue weighted by atomic mass is 16.5. The van der Waals surface area contributed by atoms with Gasteiger partial charge in [0, 0.05) is 11.5 Å². The van der Waals surface area contributed by atoms with Crippen molar-refractivity contribution in [3.63, 3.8) is 0 Å². The summed E-state index contributed by atoms with van der Waals surface area (Å²) in [5, 5.41) is 4.05. The first kappa shape index (κ1) is 16.1. The summed E-state index contributed by atoms with van der Waals surface area (Å²) in [5.41, 5.74) is 4.56. The largest absolute Gasteiger partial charge is 0.493 e. The Morgan fingerprint density at radius 1 is 1.12 bits per heavy atom. The fourth-order valence-electron chi connectivity index (χ4n) is 2.82. The molecule has 0 spiro atoms. The van der Waals surface area contributed by atoms with Crippen LogP contribution in [-0.2, 0) is 4.79 Å². The minimum Gasteiger partial charge on any atom is -0.493 e. The lowest BCUT2D eigenvalue weighted by Crippen LogP contribution is -2.20. The van der Waals surface area contributed by atoms with Gasteiger partial charge in [-0.1, -0.05) is 36.4 Å². The molecule has 2 aromatic rings. The summed E-state index contributed by atoms with van der Waals surface area (Å²) in [4.78, 5) is 12.2. The van der Waals surface area contributed by atoms with Crippen molar-refractivity contribution in [3.8, 4) is 11.5 Å². The van der Waals surface area contributed by atoms with Gasteiger partial charge in [-0.3, -0.25) is 4.79 Å². The lowest BCUT2D eigenvalue weighted by molar-refractivity contribution is -0.122. The van der Waals surface area contributed by atoms with Crippen LogP contribution in [0.5, 0.6) is 11.5 Å². The minimum atomic E-state index is -0.0537. The summed E-state index contributed by atoms with van der Waals surface area (Å²) in [5.74, 6) is 1.46. The lowest BCUT2D eigenvalue weighted by atomic mass is 10.1. The number of hydrazone groups is 1. The summed E-state index contributed by atoms with van der Waals surface area (Å²) in [6, 6.07) is 15.6. The van der Waals surface area contributed by atoms with Crippen LogP contribution in [0.3, 0.4) is 0 Å². The third-order valence-electron chi connectivity index (χ3n) is 4.17. The number of methoxy groups -OCH3 is 2. The Hall–Kier alpha value is -2.82. The van der Waals surface area contributed by atoms with E-state index in [1.807, 2.05) is 36.4 Å². The molecule has 1 aliphatic rings. The van der Waals surface area contributed by atoms with Crippen LogP contribution in [0.1, 0.15) is 23.5 Å². The van der Waals surface area contributed by atoms with Crippen LogP contribution in [0.4, 0.5) is 0 Å². The Labute approximate surface area is 141 Å². The van der Waals surface area contributed by atoms with E-state index < -0.39 is 0 Å². The SMILES string of the molecule is COc1cccc(/C=N\NC(=O)[C@@H]2C[C@H]2c2ccccc2)c1OC. The van der Waals surface area contributed by atoms with Gasteiger partial charge in [-0.05, 0) is 30.0 Å². The quantitative estimate of drug-likeness (QED) is 0.656. The van der Waals surface area contributed by atoms with Crippen LogP contribution in [0.2, 0.25) is 0 Å². The number of nitrogens with zero attached hydrogens (tertiary/aromatic N) is 1. The van der Waals surface area contributed by atoms with Crippen LogP contribution in [0.15, 0.2) is 53.6 Å². The predicted octanol–water partition coefficient (Wildman–Crippen LogP) is 2.96. The second-order valence-corrected chi connectivity index (χ2v) is 5.68. The number of amides is 1. The lowest BCUT2D eigenvalue weighted by Gasteiger charge is -2.09. The summed E-state index contributed by atoms with van der Waals surface area (Å²) >= 11 is 0. The molecule has 1 N–H and O–H groups in total. The molecule has 124 valence electrons. The molecule has 1 saturated carbocycles. The molecule has 5 nitrogen and oxygen atoms in total. The van der Waals surface area contributed by atoms with Crippen LogP contribution >= 0.6 is 0 Å². The smallest absolute Gasteiger partial charge is 0.243 e. The van der Waals surface area contributed by atoms with Gasteiger partial charge < -0.3 is 9.47 Å². The van der Waals surface area contributed by atoms with E-state index in [-0.39, 0.29) is 11.8 Å². The molecule has 0 aromatic heterocycles. The molecule has 1 aliphatic carbocycles. The first-order chi connectivity index (χ1) is 11.7. The van der Waals surface area contributed by atoms with Gasteiger partial charge >= 0.3 is 0 Å². The van der Waals surface area contributed by atoms with Crippen LogP contribution in [0, 0.1) is 5.92 Å². The van der Waals surface area contributed by atoms with Gasteiger partial charge in [0.05, 0.1) is 20.4 Å². The van der Waals surface area contributed by atoms with E-state index in [2.05, 4.69) is 22.7 Å². The summed E-state index contributed by atoms with van der Waals surface area (Å²) in [6.45, 7) is 0. The molecule has 0 aliphatic heterocycles. The Balaban J connectivity index is 1.61. The number of ether oxygens (including phenoxy) is 2. The fraction of sp³-hybridized carbons (Fsp3) is 0.263. The molecular weight excluding hydrogens is 304 g/mol. The predicted molar refractivity (Wildman–Crippen MR) is 92.6 cm³/mol. The molecule has 0 bridgehead atoms. The van der Waals surface area contributed by atoms with Gasteiger partial charge in [0.15, 0.2) is 11.5 Å².